The van der Waals surface area contributed by atoms with E-state index in [1.54, 1.807) is 24.4 Å². The number of halogens is 2. The normalized spacial score (nSPS) is 10.3. The van der Waals surface area contributed by atoms with Crippen molar-refractivity contribution < 1.29 is 4.39 Å². The Morgan fingerprint density at radius 2 is 1.80 bits per heavy atom. The Hall–Kier alpha value is -1.42. The topological polar surface area (TPSA) is 38.9 Å². The summed E-state index contributed by atoms with van der Waals surface area (Å²) in [6.07, 6.45) is 1.62. The second kappa shape index (κ2) is 3.98. The fraction of sp³-hybridized carbons (Fsp3) is 0. The van der Waals surface area contributed by atoms with Crippen molar-refractivity contribution in [1.82, 2.24) is 4.98 Å². The minimum Gasteiger partial charge on any atom is -0.398 e. The third-order valence-electron chi connectivity index (χ3n) is 2.04. The summed E-state index contributed by atoms with van der Waals surface area (Å²) in [6, 6.07) is 7.83. The van der Waals surface area contributed by atoms with E-state index in [4.69, 9.17) is 5.73 Å². The maximum absolute atomic E-state index is 12.7. The number of aromatic nitrogens is 1. The maximum atomic E-state index is 12.7. The van der Waals surface area contributed by atoms with Crippen LogP contribution in [0.15, 0.2) is 41.0 Å². The van der Waals surface area contributed by atoms with E-state index in [1.807, 2.05) is 0 Å². The largest absolute Gasteiger partial charge is 0.398 e. The van der Waals surface area contributed by atoms with Crippen LogP contribution in [0, 0.1) is 5.82 Å². The summed E-state index contributed by atoms with van der Waals surface area (Å²) in [5.74, 6) is -0.265. The smallest absolute Gasteiger partial charge is 0.123 e. The number of pyridine rings is 1. The van der Waals surface area contributed by atoms with Gasteiger partial charge in [-0.2, -0.15) is 0 Å². The van der Waals surface area contributed by atoms with Gasteiger partial charge in [-0.15, -0.1) is 0 Å². The van der Waals surface area contributed by atoms with E-state index in [0.717, 1.165) is 15.7 Å². The molecule has 0 saturated heterocycles. The lowest BCUT2D eigenvalue weighted by molar-refractivity contribution is 0.628. The van der Waals surface area contributed by atoms with Crippen LogP contribution >= 0.6 is 15.9 Å². The Morgan fingerprint density at radius 1 is 1.13 bits per heavy atom. The molecule has 1 heterocycles. The third kappa shape index (κ3) is 1.99. The first kappa shape index (κ1) is 10.1. The molecule has 2 aromatic rings. The molecule has 0 unspecified atom stereocenters. The van der Waals surface area contributed by atoms with Crippen LogP contribution in [-0.2, 0) is 0 Å². The zero-order chi connectivity index (χ0) is 10.8. The van der Waals surface area contributed by atoms with Gasteiger partial charge in [0.1, 0.15) is 5.82 Å². The molecule has 0 aliphatic heterocycles. The fourth-order valence-corrected chi connectivity index (χ4v) is 1.73. The summed E-state index contributed by atoms with van der Waals surface area (Å²) < 4.78 is 13.5. The van der Waals surface area contributed by atoms with Crippen molar-refractivity contribution in [3.8, 4) is 11.3 Å². The van der Waals surface area contributed by atoms with Crippen LogP contribution in [0.25, 0.3) is 11.3 Å². The van der Waals surface area contributed by atoms with E-state index in [2.05, 4.69) is 20.9 Å². The molecular formula is C11H8BrFN2. The van der Waals surface area contributed by atoms with Gasteiger partial charge in [-0.05, 0) is 46.3 Å². The molecule has 0 radical (unpaired) electrons. The molecule has 1 aromatic heterocycles. The first-order valence-electron chi connectivity index (χ1n) is 4.34. The lowest BCUT2D eigenvalue weighted by Gasteiger charge is -2.05. The SMILES string of the molecule is Nc1ccnc(-c2ccc(F)cc2)c1Br. The van der Waals surface area contributed by atoms with Crippen LogP contribution in [0.2, 0.25) is 0 Å². The number of nitrogens with two attached hydrogens (primary N) is 1. The Morgan fingerprint density at radius 3 is 2.47 bits per heavy atom. The Kier molecular flexibility index (Phi) is 2.68. The highest BCUT2D eigenvalue weighted by Crippen LogP contribution is 2.30. The molecule has 0 aliphatic rings. The molecule has 0 atom stereocenters. The molecule has 0 bridgehead atoms. The average molecular weight is 267 g/mol. The Bertz CT molecular complexity index is 482. The minimum absolute atomic E-state index is 0.265. The predicted octanol–water partition coefficient (Wildman–Crippen LogP) is 3.23. The van der Waals surface area contributed by atoms with E-state index in [9.17, 15) is 4.39 Å². The van der Waals surface area contributed by atoms with Crippen molar-refractivity contribution in [3.05, 3.63) is 46.8 Å². The van der Waals surface area contributed by atoms with E-state index < -0.39 is 0 Å². The van der Waals surface area contributed by atoms with Crippen molar-refractivity contribution in [2.24, 2.45) is 0 Å². The summed E-state index contributed by atoms with van der Waals surface area (Å²) in [6.45, 7) is 0. The van der Waals surface area contributed by atoms with Crippen molar-refractivity contribution in [1.29, 1.82) is 0 Å². The van der Waals surface area contributed by atoms with Gasteiger partial charge in [0.05, 0.1) is 10.2 Å². The zero-order valence-electron chi connectivity index (χ0n) is 7.74. The standard InChI is InChI=1S/C11H8BrFN2/c12-10-9(14)5-6-15-11(10)7-1-3-8(13)4-2-7/h1-6H,(H2,14,15). The molecule has 0 saturated carbocycles. The number of anilines is 1. The molecule has 0 fully saturated rings. The highest BCUT2D eigenvalue weighted by Gasteiger charge is 2.06. The van der Waals surface area contributed by atoms with Crippen molar-refractivity contribution in [2.75, 3.05) is 5.73 Å². The maximum Gasteiger partial charge on any atom is 0.123 e. The molecule has 2 rings (SSSR count). The van der Waals surface area contributed by atoms with Gasteiger partial charge in [0.15, 0.2) is 0 Å². The molecule has 0 spiro atoms. The second-order valence-corrected chi connectivity index (χ2v) is 3.86. The highest BCUT2D eigenvalue weighted by atomic mass is 79.9. The highest BCUT2D eigenvalue weighted by molar-refractivity contribution is 9.10. The monoisotopic (exact) mass is 266 g/mol. The zero-order valence-corrected chi connectivity index (χ0v) is 9.33. The Balaban J connectivity index is 2.54. The molecule has 0 amide bonds. The number of nitrogens with zero attached hydrogens (tertiary/aromatic N) is 1. The summed E-state index contributed by atoms with van der Waals surface area (Å²) in [4.78, 5) is 4.19. The number of hydrogen-bond donors (Lipinski definition) is 1. The van der Waals surface area contributed by atoms with Crippen LogP contribution < -0.4 is 5.73 Å². The average Bonchev–Trinajstić information content (AvgIpc) is 2.24. The van der Waals surface area contributed by atoms with E-state index >= 15 is 0 Å². The molecular weight excluding hydrogens is 259 g/mol. The van der Waals surface area contributed by atoms with Gasteiger partial charge < -0.3 is 5.73 Å². The van der Waals surface area contributed by atoms with Gasteiger partial charge in [0.25, 0.3) is 0 Å². The van der Waals surface area contributed by atoms with Gasteiger partial charge in [0.2, 0.25) is 0 Å². The lowest BCUT2D eigenvalue weighted by atomic mass is 10.1. The van der Waals surface area contributed by atoms with Crippen LogP contribution in [0.4, 0.5) is 10.1 Å². The van der Waals surface area contributed by atoms with Crippen molar-refractivity contribution >= 4 is 21.6 Å². The molecule has 2 N–H and O–H groups in total. The quantitative estimate of drug-likeness (QED) is 0.861. The first-order chi connectivity index (χ1) is 7.18. The number of rotatable bonds is 1. The first-order valence-corrected chi connectivity index (χ1v) is 5.13. The van der Waals surface area contributed by atoms with E-state index in [1.165, 1.54) is 12.1 Å². The van der Waals surface area contributed by atoms with Crippen molar-refractivity contribution in [3.63, 3.8) is 0 Å². The van der Waals surface area contributed by atoms with Gasteiger partial charge in [-0.3, -0.25) is 4.98 Å². The lowest BCUT2D eigenvalue weighted by Crippen LogP contribution is -1.91. The van der Waals surface area contributed by atoms with Crippen LogP contribution in [-0.4, -0.2) is 4.98 Å². The molecule has 2 nitrogen and oxygen atoms in total. The number of hydrogen-bond acceptors (Lipinski definition) is 2. The summed E-state index contributed by atoms with van der Waals surface area (Å²) >= 11 is 3.35. The van der Waals surface area contributed by atoms with Crippen molar-refractivity contribution in [2.45, 2.75) is 0 Å². The van der Waals surface area contributed by atoms with Crippen LogP contribution in [0.1, 0.15) is 0 Å². The summed E-state index contributed by atoms with van der Waals surface area (Å²) in [5, 5.41) is 0. The number of benzene rings is 1. The van der Waals surface area contributed by atoms with Gasteiger partial charge >= 0.3 is 0 Å². The predicted molar refractivity (Wildman–Crippen MR) is 61.7 cm³/mol. The fourth-order valence-electron chi connectivity index (χ4n) is 1.27. The molecule has 0 aliphatic carbocycles. The van der Waals surface area contributed by atoms with Gasteiger partial charge in [-0.1, -0.05) is 0 Å². The van der Waals surface area contributed by atoms with Crippen LogP contribution in [0.5, 0.6) is 0 Å². The molecule has 4 heteroatoms. The number of nitrogen functional groups attached to an aromatic ring is 1. The van der Waals surface area contributed by atoms with Gasteiger partial charge in [-0.25, -0.2) is 4.39 Å². The summed E-state index contributed by atoms with van der Waals surface area (Å²) in [7, 11) is 0. The van der Waals surface area contributed by atoms with E-state index in [-0.39, 0.29) is 5.82 Å². The van der Waals surface area contributed by atoms with E-state index in [0.29, 0.717) is 5.69 Å². The second-order valence-electron chi connectivity index (χ2n) is 3.07. The van der Waals surface area contributed by atoms with Gasteiger partial charge in [0, 0.05) is 17.4 Å². The summed E-state index contributed by atoms with van der Waals surface area (Å²) in [5.41, 5.74) is 7.89. The molecule has 76 valence electrons. The molecule has 1 aromatic carbocycles. The minimum atomic E-state index is -0.265. The third-order valence-corrected chi connectivity index (χ3v) is 2.87. The van der Waals surface area contributed by atoms with Crippen LogP contribution in [0.3, 0.4) is 0 Å². The Labute approximate surface area is 95.1 Å². The molecule has 15 heavy (non-hydrogen) atoms.